The highest BCUT2D eigenvalue weighted by molar-refractivity contribution is 6.14. The van der Waals surface area contributed by atoms with Gasteiger partial charge in [-0.2, -0.15) is 20.7 Å². The number of fused-ring (bicyclic) bond motifs is 3. The molecule has 3 aromatic rings. The average molecular weight is 322 g/mol. The van der Waals surface area contributed by atoms with E-state index in [9.17, 15) is 10.0 Å². The van der Waals surface area contributed by atoms with E-state index in [-0.39, 0.29) is 5.69 Å². The molecule has 0 bridgehead atoms. The number of hydrogen-bond donors (Lipinski definition) is 2. The van der Waals surface area contributed by atoms with Crippen LogP contribution in [0.15, 0.2) is 41.5 Å². The highest BCUT2D eigenvalue weighted by Gasteiger charge is 2.24. The van der Waals surface area contributed by atoms with Gasteiger partial charge in [0.25, 0.3) is 0 Å². The normalized spacial score (nSPS) is 12.1. The fraction of sp³-hybridized carbons (Fsp3) is 0.0625. The molecule has 0 unspecified atom stereocenters. The molecule has 119 valence electrons. The number of H-pyrrole nitrogens is 1. The Morgan fingerprint density at radius 1 is 1.21 bits per heavy atom. The summed E-state index contributed by atoms with van der Waals surface area (Å²) in [6.45, 7) is 0. The highest BCUT2D eigenvalue weighted by atomic mass is 16.5. The van der Waals surface area contributed by atoms with E-state index >= 15 is 0 Å². The molecule has 2 N–H and O–H groups in total. The van der Waals surface area contributed by atoms with E-state index in [0.717, 1.165) is 5.56 Å². The number of ether oxygens (including phenoxy) is 1. The molecule has 0 spiro atoms. The first-order valence-corrected chi connectivity index (χ1v) is 7.11. The molecule has 4 rings (SSSR count). The van der Waals surface area contributed by atoms with Crippen molar-refractivity contribution < 1.29 is 14.7 Å². The average Bonchev–Trinajstić information content (AvgIpc) is 3.26. The molecule has 0 atom stereocenters. The standard InChI is InChI=1S/C16H12N5O3/c1-24-10-4-2-9(3-5-10)21(23)16(22)15-11-6-7-13-12(8-17-18-13)14(11)19-20-15/h2-8,23H,1H3,(H,19,20). The second kappa shape index (κ2) is 5.36. The molecule has 1 aromatic heterocycles. The van der Waals surface area contributed by atoms with E-state index < -0.39 is 5.91 Å². The molecule has 8 nitrogen and oxygen atoms in total. The summed E-state index contributed by atoms with van der Waals surface area (Å²) in [6.07, 6.45) is 1.60. The van der Waals surface area contributed by atoms with Crippen molar-refractivity contribution in [3.05, 3.63) is 47.7 Å². The van der Waals surface area contributed by atoms with Gasteiger partial charge in [-0.3, -0.25) is 15.1 Å². The minimum Gasteiger partial charge on any atom is -0.497 e. The molecule has 2 heterocycles. The lowest BCUT2D eigenvalue weighted by Crippen LogP contribution is -2.27. The topological polar surface area (TPSA) is 105 Å². The van der Waals surface area contributed by atoms with Crippen LogP contribution in [0.25, 0.3) is 10.9 Å². The van der Waals surface area contributed by atoms with E-state index in [4.69, 9.17) is 4.74 Å². The Labute approximate surface area is 136 Å². The van der Waals surface area contributed by atoms with Crippen LogP contribution in [0, 0.1) is 0 Å². The van der Waals surface area contributed by atoms with Crippen molar-refractivity contribution in [3.8, 4) is 5.75 Å². The lowest BCUT2D eigenvalue weighted by molar-refractivity contribution is 0.0851. The van der Waals surface area contributed by atoms with Gasteiger partial charge in [0.1, 0.15) is 5.75 Å². The Morgan fingerprint density at radius 3 is 2.75 bits per heavy atom. The van der Waals surface area contributed by atoms with Crippen molar-refractivity contribution in [2.75, 3.05) is 12.2 Å². The highest BCUT2D eigenvalue weighted by Crippen LogP contribution is 2.29. The first-order valence-electron chi connectivity index (χ1n) is 7.11. The van der Waals surface area contributed by atoms with E-state index in [0.29, 0.717) is 33.1 Å². The molecule has 0 aliphatic carbocycles. The van der Waals surface area contributed by atoms with Gasteiger partial charge >= 0.3 is 5.91 Å². The number of hydrogen-bond acceptors (Lipinski definition) is 5. The van der Waals surface area contributed by atoms with Gasteiger partial charge in [-0.15, -0.1) is 0 Å². The van der Waals surface area contributed by atoms with Gasteiger partial charge in [-0.25, -0.2) is 0 Å². The van der Waals surface area contributed by atoms with Crippen LogP contribution >= 0.6 is 0 Å². The number of hydroxylamine groups is 1. The Morgan fingerprint density at radius 2 is 2.00 bits per heavy atom. The summed E-state index contributed by atoms with van der Waals surface area (Å²) in [7, 11) is 1.54. The maximum Gasteiger partial charge on any atom is 0.303 e. The van der Waals surface area contributed by atoms with Crippen molar-refractivity contribution in [2.24, 2.45) is 5.10 Å². The summed E-state index contributed by atoms with van der Waals surface area (Å²) in [5, 5.41) is 22.1. The van der Waals surface area contributed by atoms with Gasteiger partial charge in [0.2, 0.25) is 0 Å². The third-order valence-electron chi connectivity index (χ3n) is 3.82. The van der Waals surface area contributed by atoms with Gasteiger partial charge in [-0.05, 0) is 36.4 Å². The summed E-state index contributed by atoms with van der Waals surface area (Å²) in [4.78, 5) is 12.6. The van der Waals surface area contributed by atoms with Crippen LogP contribution in [-0.4, -0.2) is 34.6 Å². The van der Waals surface area contributed by atoms with E-state index in [1.165, 1.54) is 0 Å². The molecule has 2 aromatic carbocycles. The van der Waals surface area contributed by atoms with Crippen LogP contribution in [0.1, 0.15) is 16.1 Å². The maximum absolute atomic E-state index is 12.6. The number of methoxy groups -OCH3 is 1. The van der Waals surface area contributed by atoms with E-state index in [2.05, 4.69) is 20.7 Å². The van der Waals surface area contributed by atoms with Gasteiger partial charge in [0, 0.05) is 10.9 Å². The quantitative estimate of drug-likeness (QED) is 0.569. The molecule has 1 radical (unpaired) electrons. The zero-order valence-corrected chi connectivity index (χ0v) is 12.6. The van der Waals surface area contributed by atoms with Crippen molar-refractivity contribution in [2.45, 2.75) is 0 Å². The molecule has 0 fully saturated rings. The second-order valence-corrected chi connectivity index (χ2v) is 5.15. The fourth-order valence-electron chi connectivity index (χ4n) is 2.57. The monoisotopic (exact) mass is 322 g/mol. The first kappa shape index (κ1) is 14.2. The summed E-state index contributed by atoms with van der Waals surface area (Å²) < 4.78 is 5.06. The Hall–Kier alpha value is -3.39. The fourth-order valence-corrected chi connectivity index (χ4v) is 2.57. The number of rotatable bonds is 3. The number of amides is 1. The molecule has 1 aliphatic rings. The number of benzene rings is 2. The summed E-state index contributed by atoms with van der Waals surface area (Å²) in [6, 6.07) is 9.94. The van der Waals surface area contributed by atoms with E-state index in [1.807, 2.05) is 0 Å². The molecule has 24 heavy (non-hydrogen) atoms. The summed E-state index contributed by atoms with van der Waals surface area (Å²) in [5.41, 5.74) is 6.54. The van der Waals surface area contributed by atoms with Crippen LogP contribution in [0.5, 0.6) is 5.75 Å². The number of carbonyl (C=O) groups is 1. The molecule has 8 heteroatoms. The van der Waals surface area contributed by atoms with Crippen LogP contribution in [0.4, 0.5) is 11.4 Å². The first-order chi connectivity index (χ1) is 11.7. The van der Waals surface area contributed by atoms with Gasteiger partial charge in [0.15, 0.2) is 5.69 Å². The number of aromatic nitrogens is 2. The second-order valence-electron chi connectivity index (χ2n) is 5.15. The maximum atomic E-state index is 12.6. The van der Waals surface area contributed by atoms with Crippen molar-refractivity contribution >= 4 is 34.4 Å². The minimum atomic E-state index is -0.641. The SMILES string of the molecule is COc1ccc(N(O)C(=O)c2n[nH]c3c4c(ccc23)[N]N=C4)cc1. The lowest BCUT2D eigenvalue weighted by Gasteiger charge is -2.14. The molecule has 0 saturated heterocycles. The zero-order valence-electron chi connectivity index (χ0n) is 12.6. The molecule has 1 amide bonds. The Kier molecular flexibility index (Phi) is 3.17. The zero-order chi connectivity index (χ0) is 16.7. The van der Waals surface area contributed by atoms with Gasteiger partial charge < -0.3 is 4.74 Å². The number of aromatic amines is 1. The Bertz CT molecular complexity index is 962. The minimum absolute atomic E-state index is 0.117. The third-order valence-corrected chi connectivity index (χ3v) is 3.82. The van der Waals surface area contributed by atoms with Crippen LogP contribution in [-0.2, 0) is 0 Å². The van der Waals surface area contributed by atoms with Crippen LogP contribution < -0.4 is 15.2 Å². The number of carbonyl (C=O) groups excluding carboxylic acids is 1. The molecule has 1 aliphatic heterocycles. The number of nitrogens with one attached hydrogen (secondary N) is 1. The smallest absolute Gasteiger partial charge is 0.303 e. The van der Waals surface area contributed by atoms with E-state index in [1.54, 1.807) is 49.7 Å². The van der Waals surface area contributed by atoms with Gasteiger partial charge in [-0.1, -0.05) is 0 Å². The number of anilines is 1. The summed E-state index contributed by atoms with van der Waals surface area (Å²) in [5.74, 6) is -0.0124. The third kappa shape index (κ3) is 2.09. The molecular weight excluding hydrogens is 310 g/mol. The molecule has 0 saturated carbocycles. The predicted molar refractivity (Wildman–Crippen MR) is 87.1 cm³/mol. The van der Waals surface area contributed by atoms with Crippen molar-refractivity contribution in [1.29, 1.82) is 0 Å². The lowest BCUT2D eigenvalue weighted by atomic mass is 10.1. The largest absolute Gasteiger partial charge is 0.497 e. The summed E-state index contributed by atoms with van der Waals surface area (Å²) >= 11 is 0. The predicted octanol–water partition coefficient (Wildman–Crippen LogP) is 2.19. The Balaban J connectivity index is 1.71. The van der Waals surface area contributed by atoms with Crippen LogP contribution in [0.3, 0.4) is 0 Å². The van der Waals surface area contributed by atoms with Gasteiger partial charge in [0.05, 0.1) is 30.2 Å². The van der Waals surface area contributed by atoms with Crippen LogP contribution in [0.2, 0.25) is 0 Å². The van der Waals surface area contributed by atoms with Crippen molar-refractivity contribution in [3.63, 3.8) is 0 Å². The molecular formula is C16H12N5O3. The number of nitrogens with zero attached hydrogens (tertiary/aromatic N) is 4. The van der Waals surface area contributed by atoms with Crippen molar-refractivity contribution in [1.82, 2.24) is 15.6 Å².